The molecule has 1 aliphatic heterocycles. The van der Waals surface area contributed by atoms with E-state index in [2.05, 4.69) is 9.72 Å². The standard InChI is InChI=1S/C8H8ClN3O3S/c9-6-5(7(14)15-3-4(10)13)12-1-2-16-8(12)11-6/h1-3H2,(H2,10,13). The Bertz CT molecular complexity index is 460. The van der Waals surface area contributed by atoms with Crippen LogP contribution in [0.4, 0.5) is 0 Å². The minimum atomic E-state index is -0.708. The zero-order valence-electron chi connectivity index (χ0n) is 8.10. The highest BCUT2D eigenvalue weighted by Gasteiger charge is 2.26. The SMILES string of the molecule is NC(=O)COC(=O)c1c(Cl)nc2n1CCS2. The van der Waals surface area contributed by atoms with Gasteiger partial charge in [0.25, 0.3) is 5.91 Å². The fourth-order valence-electron chi connectivity index (χ4n) is 1.35. The number of hydrogen-bond acceptors (Lipinski definition) is 5. The summed E-state index contributed by atoms with van der Waals surface area (Å²) < 4.78 is 6.36. The van der Waals surface area contributed by atoms with Crippen LogP contribution in [0.1, 0.15) is 10.5 Å². The summed E-state index contributed by atoms with van der Waals surface area (Å²) >= 11 is 7.32. The number of rotatable bonds is 3. The van der Waals surface area contributed by atoms with Gasteiger partial charge in [0.15, 0.2) is 22.6 Å². The fraction of sp³-hybridized carbons (Fsp3) is 0.375. The number of carbonyl (C=O) groups is 2. The number of halogens is 1. The normalized spacial score (nSPS) is 13.6. The third-order valence-electron chi connectivity index (χ3n) is 1.97. The molecule has 0 aliphatic carbocycles. The number of aromatic nitrogens is 2. The highest BCUT2D eigenvalue weighted by molar-refractivity contribution is 7.99. The Labute approximate surface area is 100 Å². The van der Waals surface area contributed by atoms with Crippen molar-refractivity contribution in [3.8, 4) is 0 Å². The molecule has 0 spiro atoms. The molecular weight excluding hydrogens is 254 g/mol. The summed E-state index contributed by atoms with van der Waals surface area (Å²) in [6, 6.07) is 0. The van der Waals surface area contributed by atoms with Crippen molar-refractivity contribution in [2.24, 2.45) is 5.73 Å². The first-order valence-electron chi connectivity index (χ1n) is 4.44. The summed E-state index contributed by atoms with van der Waals surface area (Å²) in [6.45, 7) is 0.198. The average Bonchev–Trinajstić information content (AvgIpc) is 2.73. The highest BCUT2D eigenvalue weighted by Crippen LogP contribution is 2.30. The number of imidazole rings is 1. The Kier molecular flexibility index (Phi) is 3.06. The molecule has 0 unspecified atom stereocenters. The van der Waals surface area contributed by atoms with Gasteiger partial charge in [0.2, 0.25) is 0 Å². The van der Waals surface area contributed by atoms with Crippen LogP contribution in [0.2, 0.25) is 5.15 Å². The topological polar surface area (TPSA) is 87.2 Å². The molecule has 16 heavy (non-hydrogen) atoms. The number of amides is 1. The van der Waals surface area contributed by atoms with E-state index in [0.29, 0.717) is 11.7 Å². The van der Waals surface area contributed by atoms with Crippen molar-refractivity contribution < 1.29 is 14.3 Å². The molecule has 8 heteroatoms. The van der Waals surface area contributed by atoms with E-state index in [0.717, 1.165) is 5.75 Å². The van der Waals surface area contributed by atoms with E-state index in [4.69, 9.17) is 17.3 Å². The van der Waals surface area contributed by atoms with Gasteiger partial charge in [-0.1, -0.05) is 23.4 Å². The molecule has 2 rings (SSSR count). The Balaban J connectivity index is 2.20. The molecule has 0 radical (unpaired) electrons. The first-order valence-corrected chi connectivity index (χ1v) is 5.80. The minimum Gasteiger partial charge on any atom is -0.451 e. The van der Waals surface area contributed by atoms with E-state index in [9.17, 15) is 9.59 Å². The van der Waals surface area contributed by atoms with Crippen molar-refractivity contribution in [3.05, 3.63) is 10.8 Å². The summed E-state index contributed by atoms with van der Waals surface area (Å²) in [5, 5.41) is 0.785. The van der Waals surface area contributed by atoms with Crippen molar-refractivity contribution in [2.45, 2.75) is 11.7 Å². The number of esters is 1. The van der Waals surface area contributed by atoms with Crippen LogP contribution in [0.15, 0.2) is 5.16 Å². The number of nitrogens with two attached hydrogens (primary N) is 1. The summed E-state index contributed by atoms with van der Waals surface area (Å²) in [6.07, 6.45) is 0. The van der Waals surface area contributed by atoms with E-state index in [1.54, 1.807) is 4.57 Å². The maximum Gasteiger partial charge on any atom is 0.358 e. The third-order valence-corrected chi connectivity index (χ3v) is 3.20. The Hall–Kier alpha value is -1.21. The van der Waals surface area contributed by atoms with Gasteiger partial charge in [-0.15, -0.1) is 0 Å². The van der Waals surface area contributed by atoms with Crippen molar-refractivity contribution in [1.29, 1.82) is 0 Å². The number of ether oxygens (including phenoxy) is 1. The van der Waals surface area contributed by atoms with Crippen molar-refractivity contribution in [1.82, 2.24) is 9.55 Å². The first kappa shape index (κ1) is 11.3. The molecule has 0 bridgehead atoms. The molecule has 6 nitrogen and oxygen atoms in total. The quantitative estimate of drug-likeness (QED) is 0.790. The number of primary amides is 1. The lowest BCUT2D eigenvalue weighted by molar-refractivity contribution is -0.121. The van der Waals surface area contributed by atoms with Crippen molar-refractivity contribution in [2.75, 3.05) is 12.4 Å². The van der Waals surface area contributed by atoms with Crippen LogP contribution in [0.3, 0.4) is 0 Å². The van der Waals surface area contributed by atoms with Crippen LogP contribution >= 0.6 is 23.4 Å². The molecule has 0 saturated heterocycles. The van der Waals surface area contributed by atoms with Gasteiger partial charge < -0.3 is 15.0 Å². The predicted molar refractivity (Wildman–Crippen MR) is 57.4 cm³/mol. The van der Waals surface area contributed by atoms with E-state index in [-0.39, 0.29) is 10.8 Å². The Morgan fingerprint density at radius 3 is 3.06 bits per heavy atom. The van der Waals surface area contributed by atoms with Crippen LogP contribution in [0, 0.1) is 0 Å². The number of fused-ring (bicyclic) bond motifs is 1. The smallest absolute Gasteiger partial charge is 0.358 e. The van der Waals surface area contributed by atoms with Gasteiger partial charge in [-0.3, -0.25) is 4.79 Å². The third kappa shape index (κ3) is 2.00. The van der Waals surface area contributed by atoms with Crippen LogP contribution in [-0.2, 0) is 16.1 Å². The van der Waals surface area contributed by atoms with E-state index >= 15 is 0 Å². The fourth-order valence-corrected chi connectivity index (χ4v) is 2.61. The lowest BCUT2D eigenvalue weighted by Crippen LogP contribution is -2.22. The highest BCUT2D eigenvalue weighted by atomic mass is 35.5. The first-order chi connectivity index (χ1) is 7.59. The molecule has 0 atom stereocenters. The molecule has 1 amide bonds. The van der Waals surface area contributed by atoms with Crippen LogP contribution in [0.25, 0.3) is 0 Å². The van der Waals surface area contributed by atoms with Gasteiger partial charge in [0.05, 0.1) is 0 Å². The molecule has 1 aromatic rings. The summed E-state index contributed by atoms with van der Waals surface area (Å²) in [4.78, 5) is 26.1. The van der Waals surface area contributed by atoms with E-state index in [1.165, 1.54) is 11.8 Å². The number of carbonyl (C=O) groups excluding carboxylic acids is 2. The van der Waals surface area contributed by atoms with Crippen LogP contribution < -0.4 is 5.73 Å². The monoisotopic (exact) mass is 261 g/mol. The van der Waals surface area contributed by atoms with E-state index in [1.807, 2.05) is 0 Å². The molecule has 2 N–H and O–H groups in total. The Morgan fingerprint density at radius 2 is 2.38 bits per heavy atom. The van der Waals surface area contributed by atoms with Crippen LogP contribution in [-0.4, -0.2) is 33.8 Å². The van der Waals surface area contributed by atoms with Gasteiger partial charge in [-0.2, -0.15) is 0 Å². The number of hydrogen-bond donors (Lipinski definition) is 1. The summed E-state index contributed by atoms with van der Waals surface area (Å²) in [7, 11) is 0. The number of nitrogens with zero attached hydrogens (tertiary/aromatic N) is 2. The Morgan fingerprint density at radius 1 is 1.62 bits per heavy atom. The average molecular weight is 262 g/mol. The molecular formula is C8H8ClN3O3S. The molecule has 1 aliphatic rings. The van der Waals surface area contributed by atoms with Gasteiger partial charge >= 0.3 is 5.97 Å². The van der Waals surface area contributed by atoms with Crippen molar-refractivity contribution >= 4 is 35.2 Å². The second-order valence-electron chi connectivity index (χ2n) is 3.08. The molecule has 1 aromatic heterocycles. The van der Waals surface area contributed by atoms with Gasteiger partial charge in [0, 0.05) is 12.3 Å². The molecule has 86 valence electrons. The zero-order valence-corrected chi connectivity index (χ0v) is 9.68. The second kappa shape index (κ2) is 4.34. The number of thioether (sulfide) groups is 1. The van der Waals surface area contributed by atoms with Gasteiger partial charge in [0.1, 0.15) is 0 Å². The maximum atomic E-state index is 11.6. The summed E-state index contributed by atoms with van der Waals surface area (Å²) in [5.74, 6) is -0.541. The van der Waals surface area contributed by atoms with Crippen LogP contribution in [0.5, 0.6) is 0 Å². The molecule has 2 heterocycles. The van der Waals surface area contributed by atoms with Crippen molar-refractivity contribution in [3.63, 3.8) is 0 Å². The van der Waals surface area contributed by atoms with Gasteiger partial charge in [-0.05, 0) is 0 Å². The second-order valence-corrected chi connectivity index (χ2v) is 4.50. The van der Waals surface area contributed by atoms with Gasteiger partial charge in [-0.25, -0.2) is 9.78 Å². The maximum absolute atomic E-state index is 11.6. The summed E-state index contributed by atoms with van der Waals surface area (Å²) in [5.41, 5.74) is 5.05. The predicted octanol–water partition coefficient (Wildman–Crippen LogP) is 0.284. The lowest BCUT2D eigenvalue weighted by atomic mass is 10.4. The lowest BCUT2D eigenvalue weighted by Gasteiger charge is -2.04. The molecule has 0 saturated carbocycles. The molecule has 0 aromatic carbocycles. The minimum absolute atomic E-state index is 0.0941. The van der Waals surface area contributed by atoms with E-state index < -0.39 is 18.5 Å². The molecule has 0 fully saturated rings. The zero-order chi connectivity index (χ0) is 11.7. The largest absolute Gasteiger partial charge is 0.451 e.